The van der Waals surface area contributed by atoms with Crippen LogP contribution in [0.3, 0.4) is 0 Å². The summed E-state index contributed by atoms with van der Waals surface area (Å²) in [5.74, 6) is 0.250. The molecule has 1 fully saturated rings. The highest BCUT2D eigenvalue weighted by molar-refractivity contribution is 7.89. The van der Waals surface area contributed by atoms with Gasteiger partial charge in [0.15, 0.2) is 0 Å². The first-order valence-electron chi connectivity index (χ1n) is 7.62. The first-order valence-corrected chi connectivity index (χ1v) is 9.27. The van der Waals surface area contributed by atoms with E-state index in [2.05, 4.69) is 15.4 Å². The minimum absolute atomic E-state index is 0.0881. The maximum absolute atomic E-state index is 12.0. The van der Waals surface area contributed by atoms with Gasteiger partial charge in [0.2, 0.25) is 15.9 Å². The fourth-order valence-corrected chi connectivity index (χ4v) is 3.76. The molecular formula is C14H29N3O3S. The van der Waals surface area contributed by atoms with Crippen molar-refractivity contribution in [3.05, 3.63) is 0 Å². The lowest BCUT2D eigenvalue weighted by Gasteiger charge is -2.24. The Morgan fingerprint density at radius 2 is 1.86 bits per heavy atom. The van der Waals surface area contributed by atoms with E-state index in [0.29, 0.717) is 12.3 Å². The lowest BCUT2D eigenvalue weighted by Crippen LogP contribution is -2.51. The second-order valence-electron chi connectivity index (χ2n) is 6.88. The number of piperidine rings is 1. The SMILES string of the molecule is CC(NS(=O)(=O)CCC1CCNCC1)C(=O)NC(C)(C)C. The van der Waals surface area contributed by atoms with Crippen LogP contribution in [0.4, 0.5) is 0 Å². The van der Waals surface area contributed by atoms with E-state index < -0.39 is 16.1 Å². The van der Waals surface area contributed by atoms with Crippen LogP contribution in [-0.4, -0.2) is 44.7 Å². The largest absolute Gasteiger partial charge is 0.350 e. The Labute approximate surface area is 128 Å². The molecule has 0 spiro atoms. The number of amides is 1. The van der Waals surface area contributed by atoms with Crippen molar-refractivity contribution >= 4 is 15.9 Å². The molecule has 0 radical (unpaired) electrons. The fraction of sp³-hybridized carbons (Fsp3) is 0.929. The average molecular weight is 319 g/mol. The lowest BCUT2D eigenvalue weighted by atomic mass is 9.96. The van der Waals surface area contributed by atoms with Crippen molar-refractivity contribution in [2.75, 3.05) is 18.8 Å². The molecular weight excluding hydrogens is 290 g/mol. The van der Waals surface area contributed by atoms with Crippen LogP contribution in [0.2, 0.25) is 0 Å². The highest BCUT2D eigenvalue weighted by Gasteiger charge is 2.24. The number of rotatable bonds is 6. The van der Waals surface area contributed by atoms with Gasteiger partial charge in [-0.3, -0.25) is 4.79 Å². The second-order valence-corrected chi connectivity index (χ2v) is 8.75. The van der Waals surface area contributed by atoms with Crippen molar-refractivity contribution in [1.82, 2.24) is 15.4 Å². The van der Waals surface area contributed by atoms with Crippen molar-refractivity contribution < 1.29 is 13.2 Å². The summed E-state index contributed by atoms with van der Waals surface area (Å²) in [5, 5.41) is 6.04. The highest BCUT2D eigenvalue weighted by Crippen LogP contribution is 2.16. The summed E-state index contributed by atoms with van der Waals surface area (Å²) in [6.45, 7) is 9.09. The summed E-state index contributed by atoms with van der Waals surface area (Å²) in [6.07, 6.45) is 2.70. The van der Waals surface area contributed by atoms with Gasteiger partial charge in [-0.1, -0.05) is 0 Å². The molecule has 1 aliphatic rings. The predicted octanol–water partition coefficient (Wildman–Crippen LogP) is 0.599. The summed E-state index contributed by atoms with van der Waals surface area (Å²) >= 11 is 0. The molecule has 1 unspecified atom stereocenters. The van der Waals surface area contributed by atoms with Gasteiger partial charge in [0.25, 0.3) is 0 Å². The molecule has 124 valence electrons. The Morgan fingerprint density at radius 1 is 1.29 bits per heavy atom. The molecule has 0 saturated carbocycles. The van der Waals surface area contributed by atoms with Crippen LogP contribution in [0, 0.1) is 5.92 Å². The zero-order chi connectivity index (χ0) is 16.1. The van der Waals surface area contributed by atoms with Crippen molar-refractivity contribution in [1.29, 1.82) is 0 Å². The zero-order valence-electron chi connectivity index (χ0n) is 13.5. The van der Waals surface area contributed by atoms with E-state index in [0.717, 1.165) is 25.9 Å². The maximum atomic E-state index is 12.0. The summed E-state index contributed by atoms with van der Waals surface area (Å²) in [6, 6.07) is -0.748. The van der Waals surface area contributed by atoms with E-state index in [1.54, 1.807) is 6.92 Å². The smallest absolute Gasteiger partial charge is 0.238 e. The van der Waals surface area contributed by atoms with Crippen LogP contribution < -0.4 is 15.4 Å². The molecule has 0 aromatic rings. The number of carbonyl (C=O) groups excluding carboxylic acids is 1. The van der Waals surface area contributed by atoms with Gasteiger partial charge in [0.05, 0.1) is 11.8 Å². The summed E-state index contributed by atoms with van der Waals surface area (Å²) in [5.41, 5.74) is -0.369. The molecule has 6 nitrogen and oxygen atoms in total. The number of hydrogen-bond donors (Lipinski definition) is 3. The molecule has 0 aliphatic carbocycles. The Hall–Kier alpha value is -0.660. The normalized spacial score (nSPS) is 19.2. The first kappa shape index (κ1) is 18.4. The minimum atomic E-state index is -3.41. The number of carbonyl (C=O) groups is 1. The Kier molecular flexibility index (Phi) is 6.62. The van der Waals surface area contributed by atoms with Gasteiger partial charge in [-0.2, -0.15) is 0 Å². The molecule has 1 heterocycles. The molecule has 0 aromatic heterocycles. The molecule has 1 saturated heterocycles. The third-order valence-corrected chi connectivity index (χ3v) is 4.99. The molecule has 1 aliphatic heterocycles. The molecule has 7 heteroatoms. The summed E-state index contributed by atoms with van der Waals surface area (Å²) < 4.78 is 26.6. The van der Waals surface area contributed by atoms with Crippen LogP contribution in [0.15, 0.2) is 0 Å². The standard InChI is InChI=1S/C14H29N3O3S/c1-11(13(18)16-14(2,3)4)17-21(19,20)10-7-12-5-8-15-9-6-12/h11-12,15,17H,5-10H2,1-4H3,(H,16,18). The molecule has 1 amide bonds. The van der Waals surface area contributed by atoms with Crippen LogP contribution in [0.5, 0.6) is 0 Å². The van der Waals surface area contributed by atoms with E-state index in [9.17, 15) is 13.2 Å². The van der Waals surface area contributed by atoms with Gasteiger partial charge in [0.1, 0.15) is 0 Å². The van der Waals surface area contributed by atoms with Gasteiger partial charge in [-0.05, 0) is 66.0 Å². The van der Waals surface area contributed by atoms with E-state index >= 15 is 0 Å². The van der Waals surface area contributed by atoms with Crippen LogP contribution in [0.1, 0.15) is 47.0 Å². The zero-order valence-corrected chi connectivity index (χ0v) is 14.3. The molecule has 1 rings (SSSR count). The van der Waals surface area contributed by atoms with Gasteiger partial charge >= 0.3 is 0 Å². The van der Waals surface area contributed by atoms with Gasteiger partial charge in [-0.25, -0.2) is 13.1 Å². The third-order valence-electron chi connectivity index (χ3n) is 3.50. The molecule has 21 heavy (non-hydrogen) atoms. The number of sulfonamides is 1. The van der Waals surface area contributed by atoms with E-state index in [-0.39, 0.29) is 17.2 Å². The average Bonchev–Trinajstić information content (AvgIpc) is 2.35. The number of hydrogen-bond acceptors (Lipinski definition) is 4. The highest BCUT2D eigenvalue weighted by atomic mass is 32.2. The quantitative estimate of drug-likeness (QED) is 0.669. The van der Waals surface area contributed by atoms with E-state index in [1.165, 1.54) is 0 Å². The molecule has 1 atom stereocenters. The van der Waals surface area contributed by atoms with Crippen molar-refractivity contribution in [3.8, 4) is 0 Å². The monoisotopic (exact) mass is 319 g/mol. The summed E-state index contributed by atoms with van der Waals surface area (Å²) in [4.78, 5) is 11.9. The van der Waals surface area contributed by atoms with E-state index in [1.807, 2.05) is 20.8 Å². The van der Waals surface area contributed by atoms with Crippen molar-refractivity contribution in [2.24, 2.45) is 5.92 Å². The molecule has 0 bridgehead atoms. The Bertz CT molecular complexity index is 437. The third kappa shape index (κ3) is 7.78. The molecule has 3 N–H and O–H groups in total. The summed E-state index contributed by atoms with van der Waals surface area (Å²) in [7, 11) is -3.41. The van der Waals surface area contributed by atoms with Crippen LogP contribution >= 0.6 is 0 Å². The Balaban J connectivity index is 2.41. The second kappa shape index (κ2) is 7.56. The van der Waals surface area contributed by atoms with Crippen molar-refractivity contribution in [2.45, 2.75) is 58.5 Å². The van der Waals surface area contributed by atoms with Gasteiger partial charge in [-0.15, -0.1) is 0 Å². The Morgan fingerprint density at radius 3 is 2.38 bits per heavy atom. The van der Waals surface area contributed by atoms with E-state index in [4.69, 9.17) is 0 Å². The van der Waals surface area contributed by atoms with Crippen LogP contribution in [-0.2, 0) is 14.8 Å². The van der Waals surface area contributed by atoms with Crippen LogP contribution in [0.25, 0.3) is 0 Å². The minimum Gasteiger partial charge on any atom is -0.350 e. The predicted molar refractivity (Wildman–Crippen MR) is 84.5 cm³/mol. The maximum Gasteiger partial charge on any atom is 0.238 e. The van der Waals surface area contributed by atoms with Gasteiger partial charge in [0, 0.05) is 5.54 Å². The van der Waals surface area contributed by atoms with Crippen molar-refractivity contribution in [3.63, 3.8) is 0 Å². The molecule has 0 aromatic carbocycles. The fourth-order valence-electron chi connectivity index (χ4n) is 2.35. The van der Waals surface area contributed by atoms with Gasteiger partial charge < -0.3 is 10.6 Å². The number of nitrogens with one attached hydrogen (secondary N) is 3. The lowest BCUT2D eigenvalue weighted by molar-refractivity contribution is -0.123. The topological polar surface area (TPSA) is 87.3 Å². The first-order chi connectivity index (χ1) is 9.59.